The standard InChI is InChI=1S/C13H17N5O/c1-13(11-8-16-17(2)9-11)10-18(6-7-19-13)12-14-4-3-5-15-12/h3-5,8-9H,6-7,10H2,1-2H3/t13-/m0/s1. The monoisotopic (exact) mass is 259 g/mol. The summed E-state index contributed by atoms with van der Waals surface area (Å²) in [6, 6.07) is 1.82. The Morgan fingerprint density at radius 1 is 1.32 bits per heavy atom. The summed E-state index contributed by atoms with van der Waals surface area (Å²) in [7, 11) is 1.91. The van der Waals surface area contributed by atoms with Gasteiger partial charge in [0, 0.05) is 37.7 Å². The molecule has 0 saturated carbocycles. The summed E-state index contributed by atoms with van der Waals surface area (Å²) in [6.07, 6.45) is 7.38. The summed E-state index contributed by atoms with van der Waals surface area (Å²) in [5.74, 6) is 0.751. The first kappa shape index (κ1) is 12.1. The van der Waals surface area contributed by atoms with Crippen molar-refractivity contribution in [2.24, 2.45) is 7.05 Å². The number of anilines is 1. The van der Waals surface area contributed by atoms with Gasteiger partial charge in [0.1, 0.15) is 5.60 Å². The van der Waals surface area contributed by atoms with E-state index in [0.717, 1.165) is 24.6 Å². The predicted octanol–water partition coefficient (Wildman–Crippen LogP) is 0.962. The van der Waals surface area contributed by atoms with Gasteiger partial charge in [0.2, 0.25) is 5.95 Å². The molecule has 0 spiro atoms. The Hall–Kier alpha value is -1.95. The lowest BCUT2D eigenvalue weighted by Crippen LogP contribution is -2.48. The van der Waals surface area contributed by atoms with E-state index in [1.165, 1.54) is 0 Å². The maximum atomic E-state index is 5.97. The van der Waals surface area contributed by atoms with Gasteiger partial charge in [0.25, 0.3) is 0 Å². The van der Waals surface area contributed by atoms with Crippen molar-refractivity contribution in [2.45, 2.75) is 12.5 Å². The van der Waals surface area contributed by atoms with E-state index in [1.807, 2.05) is 25.5 Å². The molecule has 0 N–H and O–H groups in total. The van der Waals surface area contributed by atoms with E-state index in [4.69, 9.17) is 4.74 Å². The molecule has 0 aliphatic carbocycles. The minimum absolute atomic E-state index is 0.369. The molecule has 1 aliphatic heterocycles. The third-order valence-electron chi connectivity index (χ3n) is 3.42. The van der Waals surface area contributed by atoms with Gasteiger partial charge in [0.15, 0.2) is 0 Å². The highest BCUT2D eigenvalue weighted by Crippen LogP contribution is 2.30. The van der Waals surface area contributed by atoms with Crippen LogP contribution in [0.3, 0.4) is 0 Å². The Labute approximate surface area is 112 Å². The maximum absolute atomic E-state index is 5.97. The lowest BCUT2D eigenvalue weighted by Gasteiger charge is -2.40. The van der Waals surface area contributed by atoms with Crippen LogP contribution in [0.15, 0.2) is 30.9 Å². The van der Waals surface area contributed by atoms with E-state index in [0.29, 0.717) is 6.61 Å². The molecule has 1 fully saturated rings. The SMILES string of the molecule is Cn1cc([C@]2(C)CN(c3ncccn3)CCO2)cn1. The van der Waals surface area contributed by atoms with Crippen molar-refractivity contribution >= 4 is 5.95 Å². The molecular weight excluding hydrogens is 242 g/mol. The summed E-state index contributed by atoms with van der Waals surface area (Å²) >= 11 is 0. The molecule has 2 aromatic rings. The van der Waals surface area contributed by atoms with Gasteiger partial charge in [-0.05, 0) is 13.0 Å². The number of rotatable bonds is 2. The fraction of sp³-hybridized carbons (Fsp3) is 0.462. The van der Waals surface area contributed by atoms with Gasteiger partial charge in [-0.2, -0.15) is 5.10 Å². The highest BCUT2D eigenvalue weighted by Gasteiger charge is 2.35. The van der Waals surface area contributed by atoms with E-state index in [9.17, 15) is 0 Å². The van der Waals surface area contributed by atoms with Crippen LogP contribution in [0.1, 0.15) is 12.5 Å². The normalized spacial score (nSPS) is 23.6. The lowest BCUT2D eigenvalue weighted by molar-refractivity contribution is -0.0470. The largest absolute Gasteiger partial charge is 0.367 e. The fourth-order valence-electron chi connectivity index (χ4n) is 2.36. The predicted molar refractivity (Wildman–Crippen MR) is 70.8 cm³/mol. The first-order valence-electron chi connectivity index (χ1n) is 6.32. The Balaban J connectivity index is 1.85. The zero-order valence-electron chi connectivity index (χ0n) is 11.2. The van der Waals surface area contributed by atoms with Gasteiger partial charge in [-0.1, -0.05) is 0 Å². The number of aryl methyl sites for hydroxylation is 1. The number of ether oxygens (including phenoxy) is 1. The van der Waals surface area contributed by atoms with Crippen molar-refractivity contribution in [2.75, 3.05) is 24.6 Å². The van der Waals surface area contributed by atoms with Crippen LogP contribution in [0.4, 0.5) is 5.95 Å². The second-order valence-electron chi connectivity index (χ2n) is 4.95. The Kier molecular flexibility index (Phi) is 2.94. The first-order chi connectivity index (χ1) is 9.17. The number of hydrogen-bond donors (Lipinski definition) is 0. The number of morpholine rings is 1. The van der Waals surface area contributed by atoms with Crippen molar-refractivity contribution < 1.29 is 4.74 Å². The molecule has 3 heterocycles. The zero-order chi connectivity index (χ0) is 13.3. The number of hydrogen-bond acceptors (Lipinski definition) is 5. The van der Waals surface area contributed by atoms with E-state index >= 15 is 0 Å². The molecular formula is C13H17N5O. The molecule has 19 heavy (non-hydrogen) atoms. The second-order valence-corrected chi connectivity index (χ2v) is 4.95. The summed E-state index contributed by atoms with van der Waals surface area (Å²) in [5, 5.41) is 4.22. The van der Waals surface area contributed by atoms with Crippen LogP contribution in [0, 0.1) is 0 Å². The molecule has 1 atom stereocenters. The highest BCUT2D eigenvalue weighted by molar-refractivity contribution is 5.32. The highest BCUT2D eigenvalue weighted by atomic mass is 16.5. The molecule has 0 amide bonds. The Morgan fingerprint density at radius 2 is 2.11 bits per heavy atom. The average molecular weight is 259 g/mol. The molecule has 6 nitrogen and oxygen atoms in total. The number of aromatic nitrogens is 4. The number of nitrogens with zero attached hydrogens (tertiary/aromatic N) is 5. The van der Waals surface area contributed by atoms with Gasteiger partial charge in [-0.3, -0.25) is 4.68 Å². The van der Waals surface area contributed by atoms with Gasteiger partial charge in [-0.25, -0.2) is 9.97 Å². The Bertz CT molecular complexity index is 555. The quantitative estimate of drug-likeness (QED) is 0.804. The molecule has 2 aromatic heterocycles. The topological polar surface area (TPSA) is 56.1 Å². The molecule has 0 bridgehead atoms. The van der Waals surface area contributed by atoms with Crippen molar-refractivity contribution in [3.05, 3.63) is 36.4 Å². The molecule has 3 rings (SSSR count). The maximum Gasteiger partial charge on any atom is 0.225 e. The molecule has 1 saturated heterocycles. The van der Waals surface area contributed by atoms with Crippen LogP contribution < -0.4 is 4.90 Å². The van der Waals surface area contributed by atoms with Crippen molar-refractivity contribution in [1.29, 1.82) is 0 Å². The lowest BCUT2D eigenvalue weighted by atomic mass is 9.97. The third-order valence-corrected chi connectivity index (χ3v) is 3.42. The minimum atomic E-state index is -0.369. The van der Waals surface area contributed by atoms with E-state index in [1.54, 1.807) is 17.1 Å². The second kappa shape index (κ2) is 4.62. The van der Waals surface area contributed by atoms with Crippen LogP contribution in [-0.4, -0.2) is 39.4 Å². The summed E-state index contributed by atoms with van der Waals surface area (Å²) in [6.45, 7) is 4.27. The van der Waals surface area contributed by atoms with Crippen molar-refractivity contribution in [3.63, 3.8) is 0 Å². The van der Waals surface area contributed by atoms with Gasteiger partial charge in [-0.15, -0.1) is 0 Å². The zero-order valence-corrected chi connectivity index (χ0v) is 11.2. The fourth-order valence-corrected chi connectivity index (χ4v) is 2.36. The molecule has 1 aliphatic rings. The molecule has 100 valence electrons. The van der Waals surface area contributed by atoms with Crippen molar-refractivity contribution in [1.82, 2.24) is 19.7 Å². The smallest absolute Gasteiger partial charge is 0.225 e. The van der Waals surface area contributed by atoms with Crippen LogP contribution in [0.2, 0.25) is 0 Å². The van der Waals surface area contributed by atoms with Gasteiger partial charge < -0.3 is 9.64 Å². The first-order valence-corrected chi connectivity index (χ1v) is 6.32. The van der Waals surface area contributed by atoms with E-state index in [-0.39, 0.29) is 5.60 Å². The molecule has 6 heteroatoms. The summed E-state index contributed by atoms with van der Waals surface area (Å²) in [4.78, 5) is 10.8. The summed E-state index contributed by atoms with van der Waals surface area (Å²) < 4.78 is 7.76. The average Bonchev–Trinajstić information content (AvgIpc) is 2.87. The summed E-state index contributed by atoms with van der Waals surface area (Å²) in [5.41, 5.74) is 0.710. The van der Waals surface area contributed by atoms with E-state index < -0.39 is 0 Å². The molecule has 0 radical (unpaired) electrons. The molecule has 0 unspecified atom stereocenters. The molecule has 0 aromatic carbocycles. The van der Waals surface area contributed by atoms with E-state index in [2.05, 4.69) is 26.9 Å². The van der Waals surface area contributed by atoms with Crippen LogP contribution in [-0.2, 0) is 17.4 Å². The van der Waals surface area contributed by atoms with Crippen LogP contribution >= 0.6 is 0 Å². The van der Waals surface area contributed by atoms with Crippen LogP contribution in [0.5, 0.6) is 0 Å². The minimum Gasteiger partial charge on any atom is -0.367 e. The third kappa shape index (κ3) is 2.31. The van der Waals surface area contributed by atoms with Gasteiger partial charge >= 0.3 is 0 Å². The Morgan fingerprint density at radius 3 is 2.79 bits per heavy atom. The van der Waals surface area contributed by atoms with Crippen molar-refractivity contribution in [3.8, 4) is 0 Å². The van der Waals surface area contributed by atoms with Gasteiger partial charge in [0.05, 0.1) is 19.3 Å². The van der Waals surface area contributed by atoms with Crippen LogP contribution in [0.25, 0.3) is 0 Å².